The molecule has 0 amide bonds. The van der Waals surface area contributed by atoms with E-state index in [-0.39, 0.29) is 25.4 Å². The molecule has 0 aliphatic rings. The molecule has 0 radical (unpaired) electrons. The highest BCUT2D eigenvalue weighted by atomic mass is 35.5. The zero-order valence-corrected chi connectivity index (χ0v) is 20.1. The summed E-state index contributed by atoms with van der Waals surface area (Å²) in [5.41, 5.74) is 1.58. The van der Waals surface area contributed by atoms with Crippen LogP contribution in [-0.2, 0) is 17.8 Å². The van der Waals surface area contributed by atoms with Crippen LogP contribution in [0.5, 0.6) is 11.5 Å². The summed E-state index contributed by atoms with van der Waals surface area (Å²) in [7, 11) is 0. The molecule has 8 heteroatoms. The van der Waals surface area contributed by atoms with Gasteiger partial charge in [0.25, 0.3) is 0 Å². The van der Waals surface area contributed by atoms with Gasteiger partial charge in [-0.05, 0) is 67.1 Å². The number of rotatable bonds is 12. The molecule has 0 saturated carbocycles. The van der Waals surface area contributed by atoms with Crippen LogP contribution >= 0.6 is 11.6 Å². The van der Waals surface area contributed by atoms with E-state index in [0.717, 1.165) is 17.7 Å². The molecule has 2 N–H and O–H groups in total. The molecule has 0 saturated heterocycles. The van der Waals surface area contributed by atoms with Crippen molar-refractivity contribution in [1.29, 1.82) is 0 Å². The van der Waals surface area contributed by atoms with E-state index in [1.54, 1.807) is 24.3 Å². The van der Waals surface area contributed by atoms with E-state index in [9.17, 15) is 23.1 Å². The monoisotopic (exact) mass is 518 g/mol. The Morgan fingerprint density at radius 2 is 1.75 bits per heavy atom. The van der Waals surface area contributed by atoms with Crippen LogP contribution in [0.4, 0.5) is 13.2 Å². The number of hydrogen-bond donors (Lipinski definition) is 2. The van der Waals surface area contributed by atoms with Crippen molar-refractivity contribution < 1.29 is 32.9 Å². The van der Waals surface area contributed by atoms with Crippen LogP contribution in [0.1, 0.15) is 42.4 Å². The third-order valence-corrected chi connectivity index (χ3v) is 6.02. The number of carboxylic acids is 1. The van der Waals surface area contributed by atoms with Gasteiger partial charge in [-0.2, -0.15) is 0 Å². The van der Waals surface area contributed by atoms with Crippen LogP contribution in [0, 0.1) is 23.4 Å². The second kappa shape index (κ2) is 13.0. The number of ether oxygens (including phenoxy) is 1. The second-order valence-electron chi connectivity index (χ2n) is 8.43. The van der Waals surface area contributed by atoms with Crippen molar-refractivity contribution in [2.75, 3.05) is 0 Å². The van der Waals surface area contributed by atoms with Gasteiger partial charge in [0.15, 0.2) is 17.4 Å². The zero-order chi connectivity index (χ0) is 26.1. The Bertz CT molecular complexity index is 1210. The van der Waals surface area contributed by atoms with Crippen LogP contribution in [0.15, 0.2) is 60.7 Å². The summed E-state index contributed by atoms with van der Waals surface area (Å²) in [5, 5.41) is 18.8. The Morgan fingerprint density at radius 3 is 2.44 bits per heavy atom. The lowest BCUT2D eigenvalue weighted by atomic mass is 9.92. The van der Waals surface area contributed by atoms with Gasteiger partial charge in [-0.25, -0.2) is 13.2 Å². The minimum atomic E-state index is -1.06. The van der Waals surface area contributed by atoms with Gasteiger partial charge >= 0.3 is 5.97 Å². The number of aromatic hydroxyl groups is 1. The largest absolute Gasteiger partial charge is 0.503 e. The molecule has 0 aliphatic heterocycles. The lowest BCUT2D eigenvalue weighted by molar-refractivity contribution is -0.137. The second-order valence-corrected chi connectivity index (χ2v) is 8.84. The van der Waals surface area contributed by atoms with Crippen molar-refractivity contribution in [3.63, 3.8) is 0 Å². The number of allylic oxidation sites excluding steroid dienone is 1. The maximum atomic E-state index is 14.0. The third kappa shape index (κ3) is 8.05. The van der Waals surface area contributed by atoms with E-state index in [1.165, 1.54) is 18.2 Å². The summed E-state index contributed by atoms with van der Waals surface area (Å²) >= 11 is 6.19. The lowest BCUT2D eigenvalue weighted by Gasteiger charge is -2.15. The number of halogens is 4. The quantitative estimate of drug-likeness (QED) is 0.243. The molecule has 3 rings (SSSR count). The standard InChI is InChI=1S/C28H26ClF3O4/c29-23-7-3-2-6-21(23)17-36-26-12-11-22(30)16-20(26)10-9-18(5-1-4-8-27(33)34)13-19-14-24(31)28(35)25(32)15-19/h2-3,6-7,9-12,14-16,18,35H,1,4-5,8,13,17H2,(H,33,34)/b10-9-/t18-/m0/s1. The first-order valence-electron chi connectivity index (χ1n) is 11.5. The van der Waals surface area contributed by atoms with Gasteiger partial charge in [-0.1, -0.05) is 48.4 Å². The van der Waals surface area contributed by atoms with Crippen molar-refractivity contribution >= 4 is 23.6 Å². The van der Waals surface area contributed by atoms with E-state index < -0.39 is 29.2 Å². The first kappa shape index (κ1) is 27.1. The molecule has 36 heavy (non-hydrogen) atoms. The minimum absolute atomic E-state index is 0.0167. The summed E-state index contributed by atoms with van der Waals surface area (Å²) in [6, 6.07) is 13.5. The molecule has 0 bridgehead atoms. The van der Waals surface area contributed by atoms with E-state index in [2.05, 4.69) is 0 Å². The number of hydrogen-bond acceptors (Lipinski definition) is 3. The van der Waals surface area contributed by atoms with E-state index in [0.29, 0.717) is 41.2 Å². The first-order chi connectivity index (χ1) is 17.2. The number of carboxylic acid groups (broad SMARTS) is 1. The van der Waals surface area contributed by atoms with Gasteiger partial charge in [0.2, 0.25) is 0 Å². The number of carbonyl (C=O) groups is 1. The van der Waals surface area contributed by atoms with Gasteiger partial charge < -0.3 is 14.9 Å². The number of phenols is 1. The predicted octanol–water partition coefficient (Wildman–Crippen LogP) is 7.56. The number of benzene rings is 3. The summed E-state index contributed by atoms with van der Waals surface area (Å²) in [6.07, 6.45) is 5.29. The fourth-order valence-corrected chi connectivity index (χ4v) is 3.97. The van der Waals surface area contributed by atoms with Crippen LogP contribution in [0.2, 0.25) is 5.02 Å². The zero-order valence-electron chi connectivity index (χ0n) is 19.4. The van der Waals surface area contributed by atoms with E-state index >= 15 is 0 Å². The molecule has 3 aromatic carbocycles. The van der Waals surface area contributed by atoms with E-state index in [1.807, 2.05) is 12.1 Å². The number of phenolic OH excluding ortho intramolecular Hbond substituents is 1. The van der Waals surface area contributed by atoms with Crippen molar-refractivity contribution in [2.45, 2.75) is 38.7 Å². The molecule has 0 unspecified atom stereocenters. The van der Waals surface area contributed by atoms with Crippen LogP contribution in [0.25, 0.3) is 6.08 Å². The summed E-state index contributed by atoms with van der Waals surface area (Å²) in [6.45, 7) is 0.177. The molecular formula is C28H26ClF3O4. The molecule has 1 atom stereocenters. The molecule has 3 aromatic rings. The Kier molecular flexibility index (Phi) is 9.82. The number of aliphatic carboxylic acids is 1. The Morgan fingerprint density at radius 1 is 1.03 bits per heavy atom. The first-order valence-corrected chi connectivity index (χ1v) is 11.8. The molecule has 0 spiro atoms. The Hall–Kier alpha value is -3.45. The molecule has 190 valence electrons. The predicted molar refractivity (Wildman–Crippen MR) is 133 cm³/mol. The highest BCUT2D eigenvalue weighted by Crippen LogP contribution is 2.28. The SMILES string of the molecule is O=C(O)CCCC[C@@H](/C=C\c1cc(F)ccc1OCc1ccccc1Cl)Cc1cc(F)c(O)c(F)c1. The highest BCUT2D eigenvalue weighted by Gasteiger charge is 2.14. The molecule has 0 heterocycles. The van der Waals surface area contributed by atoms with Crippen molar-refractivity contribution in [1.82, 2.24) is 0 Å². The smallest absolute Gasteiger partial charge is 0.303 e. The fourth-order valence-electron chi connectivity index (χ4n) is 3.78. The van der Waals surface area contributed by atoms with Crippen molar-refractivity contribution in [3.8, 4) is 11.5 Å². The fraction of sp³-hybridized carbons (Fsp3) is 0.250. The molecular weight excluding hydrogens is 493 g/mol. The lowest BCUT2D eigenvalue weighted by Crippen LogP contribution is -2.04. The summed E-state index contributed by atoms with van der Waals surface area (Å²) < 4.78 is 47.6. The van der Waals surface area contributed by atoms with Crippen molar-refractivity contribution in [2.24, 2.45) is 5.92 Å². The van der Waals surface area contributed by atoms with Gasteiger partial charge in [0.1, 0.15) is 18.2 Å². The molecule has 0 aromatic heterocycles. The Labute approximate surface area is 212 Å². The molecule has 0 fully saturated rings. The van der Waals surface area contributed by atoms with Gasteiger partial charge in [-0.15, -0.1) is 0 Å². The average Bonchev–Trinajstić information content (AvgIpc) is 2.83. The van der Waals surface area contributed by atoms with Crippen LogP contribution in [0.3, 0.4) is 0 Å². The highest BCUT2D eigenvalue weighted by molar-refractivity contribution is 6.31. The summed E-state index contributed by atoms with van der Waals surface area (Å²) in [4.78, 5) is 10.8. The summed E-state index contributed by atoms with van der Waals surface area (Å²) in [5.74, 6) is -4.31. The Balaban J connectivity index is 1.80. The topological polar surface area (TPSA) is 66.8 Å². The maximum absolute atomic E-state index is 14.0. The van der Waals surface area contributed by atoms with Gasteiger partial charge in [0.05, 0.1) is 0 Å². The van der Waals surface area contributed by atoms with E-state index in [4.69, 9.17) is 21.4 Å². The van der Waals surface area contributed by atoms with Gasteiger partial charge in [-0.3, -0.25) is 4.79 Å². The third-order valence-electron chi connectivity index (χ3n) is 5.65. The van der Waals surface area contributed by atoms with Crippen LogP contribution < -0.4 is 4.74 Å². The molecule has 0 aliphatic carbocycles. The average molecular weight is 519 g/mol. The van der Waals surface area contributed by atoms with Crippen molar-refractivity contribution in [3.05, 3.63) is 99.8 Å². The maximum Gasteiger partial charge on any atom is 0.303 e. The number of unbranched alkanes of at least 4 members (excludes halogenated alkanes) is 1. The van der Waals surface area contributed by atoms with Gasteiger partial charge in [0, 0.05) is 22.6 Å². The minimum Gasteiger partial charge on any atom is -0.503 e. The molecule has 4 nitrogen and oxygen atoms in total. The normalized spacial score (nSPS) is 12.1. The van der Waals surface area contributed by atoms with Crippen LogP contribution in [-0.4, -0.2) is 16.2 Å².